The van der Waals surface area contributed by atoms with Crippen molar-refractivity contribution in [3.05, 3.63) is 48.0 Å². The summed E-state index contributed by atoms with van der Waals surface area (Å²) in [4.78, 5) is 11.8. The van der Waals surface area contributed by atoms with Crippen LogP contribution in [0.3, 0.4) is 0 Å². The number of nitrogens with one attached hydrogen (secondary N) is 1. The van der Waals surface area contributed by atoms with Gasteiger partial charge in [0, 0.05) is 27.1 Å². The molecule has 0 aromatic heterocycles. The highest BCUT2D eigenvalue weighted by molar-refractivity contribution is 7.80. The summed E-state index contributed by atoms with van der Waals surface area (Å²) in [6.45, 7) is 0. The molecule has 0 saturated carbocycles. The highest BCUT2D eigenvalue weighted by Gasteiger charge is 2.14. The maximum atomic E-state index is 11.8. The van der Waals surface area contributed by atoms with Crippen molar-refractivity contribution in [2.45, 2.75) is 0 Å². The highest BCUT2D eigenvalue weighted by atomic mass is 32.1. The fourth-order valence-corrected chi connectivity index (χ4v) is 2.59. The lowest BCUT2D eigenvalue weighted by Gasteiger charge is -2.10. The Hall–Kier alpha value is -2.40. The van der Waals surface area contributed by atoms with E-state index >= 15 is 0 Å². The van der Waals surface area contributed by atoms with Crippen LogP contribution in [0.1, 0.15) is 10.4 Å². The number of fused-ring (bicyclic) bond motifs is 2. The van der Waals surface area contributed by atoms with Gasteiger partial charge in [-0.1, -0.05) is 24.3 Å². The number of thiol groups is 1. The number of phenols is 2. The number of carbonyl (C=O) groups is 1. The first-order chi connectivity index (χ1) is 10.1. The van der Waals surface area contributed by atoms with E-state index in [-0.39, 0.29) is 23.3 Å². The average Bonchev–Trinajstić information content (AvgIpc) is 2.52. The maximum Gasteiger partial charge on any atom is 0.251 e. The lowest BCUT2D eigenvalue weighted by Crippen LogP contribution is -2.21. The summed E-state index contributed by atoms with van der Waals surface area (Å²) in [5.41, 5.74) is 0.404. The standard InChI is InChI=1S/C16H13NO3S/c18-14-10-3-1-2-4-11(10)15(19)13-7-9(5-6-12(13)14)16(20)17-8-21/h1-7,18-19,21H,8H2,(H,17,20). The molecule has 0 atom stereocenters. The van der Waals surface area contributed by atoms with Gasteiger partial charge in [-0.15, -0.1) is 0 Å². The van der Waals surface area contributed by atoms with Crippen LogP contribution in [-0.4, -0.2) is 22.0 Å². The van der Waals surface area contributed by atoms with E-state index in [1.165, 1.54) is 0 Å². The molecule has 3 aromatic rings. The first-order valence-electron chi connectivity index (χ1n) is 6.39. The maximum absolute atomic E-state index is 11.8. The Bertz CT molecular complexity index is 861. The normalized spacial score (nSPS) is 10.9. The average molecular weight is 299 g/mol. The molecule has 3 N–H and O–H groups in total. The predicted octanol–water partition coefficient (Wildman–Crippen LogP) is 3.02. The fraction of sp³-hybridized carbons (Fsp3) is 0.0625. The van der Waals surface area contributed by atoms with Crippen molar-refractivity contribution in [3.8, 4) is 11.5 Å². The second kappa shape index (κ2) is 5.18. The summed E-state index contributed by atoms with van der Waals surface area (Å²) in [6.07, 6.45) is 0. The fourth-order valence-electron chi connectivity index (χ4n) is 2.45. The number of benzene rings is 3. The Morgan fingerprint density at radius 1 is 0.952 bits per heavy atom. The Labute approximate surface area is 126 Å². The molecular weight excluding hydrogens is 286 g/mol. The molecule has 5 heteroatoms. The molecule has 0 heterocycles. The second-order valence-corrected chi connectivity index (χ2v) is 4.98. The molecule has 0 radical (unpaired) electrons. The third kappa shape index (κ3) is 2.15. The predicted molar refractivity (Wildman–Crippen MR) is 86.1 cm³/mol. The van der Waals surface area contributed by atoms with Crippen molar-refractivity contribution in [3.63, 3.8) is 0 Å². The zero-order valence-electron chi connectivity index (χ0n) is 11.0. The Morgan fingerprint density at radius 2 is 1.52 bits per heavy atom. The molecule has 0 fully saturated rings. The minimum atomic E-state index is -0.279. The van der Waals surface area contributed by atoms with Crippen LogP contribution < -0.4 is 5.32 Å². The van der Waals surface area contributed by atoms with E-state index in [2.05, 4.69) is 17.9 Å². The van der Waals surface area contributed by atoms with Crippen LogP contribution in [0.4, 0.5) is 0 Å². The van der Waals surface area contributed by atoms with Gasteiger partial charge in [0.15, 0.2) is 0 Å². The quantitative estimate of drug-likeness (QED) is 0.254. The summed E-state index contributed by atoms with van der Waals surface area (Å²) in [7, 11) is 0. The first-order valence-corrected chi connectivity index (χ1v) is 7.02. The Balaban J connectivity index is 2.33. The van der Waals surface area contributed by atoms with Crippen LogP contribution in [0.25, 0.3) is 21.5 Å². The lowest BCUT2D eigenvalue weighted by molar-refractivity contribution is 0.0961. The van der Waals surface area contributed by atoms with Crippen LogP contribution in [0.2, 0.25) is 0 Å². The van der Waals surface area contributed by atoms with Crippen molar-refractivity contribution < 1.29 is 15.0 Å². The number of aromatic hydroxyl groups is 2. The van der Waals surface area contributed by atoms with Crippen LogP contribution in [0.5, 0.6) is 11.5 Å². The van der Waals surface area contributed by atoms with Gasteiger partial charge in [0.1, 0.15) is 11.5 Å². The monoisotopic (exact) mass is 299 g/mol. The van der Waals surface area contributed by atoms with Crippen LogP contribution in [0.15, 0.2) is 42.5 Å². The van der Waals surface area contributed by atoms with Crippen molar-refractivity contribution >= 4 is 40.1 Å². The summed E-state index contributed by atoms with van der Waals surface area (Å²) in [5.74, 6) is 0.101. The zero-order chi connectivity index (χ0) is 15.0. The first kappa shape index (κ1) is 13.6. The molecule has 3 rings (SSSR count). The highest BCUT2D eigenvalue weighted by Crippen LogP contribution is 2.41. The Kier molecular flexibility index (Phi) is 3.35. The van der Waals surface area contributed by atoms with Crippen LogP contribution in [-0.2, 0) is 0 Å². The largest absolute Gasteiger partial charge is 0.507 e. The van der Waals surface area contributed by atoms with Gasteiger partial charge in [0.25, 0.3) is 5.91 Å². The smallest absolute Gasteiger partial charge is 0.251 e. The van der Waals surface area contributed by atoms with Gasteiger partial charge < -0.3 is 15.5 Å². The molecule has 0 aliphatic carbocycles. The Morgan fingerprint density at radius 3 is 2.14 bits per heavy atom. The molecule has 0 aliphatic rings. The number of amides is 1. The van der Waals surface area contributed by atoms with Gasteiger partial charge in [-0.25, -0.2) is 0 Å². The summed E-state index contributed by atoms with van der Waals surface area (Å²) >= 11 is 3.95. The van der Waals surface area contributed by atoms with E-state index in [0.717, 1.165) is 0 Å². The summed E-state index contributed by atoms with van der Waals surface area (Å²) < 4.78 is 0. The molecule has 0 aliphatic heterocycles. The van der Waals surface area contributed by atoms with Gasteiger partial charge in [-0.3, -0.25) is 4.79 Å². The van der Waals surface area contributed by atoms with Crippen molar-refractivity contribution in [1.29, 1.82) is 0 Å². The summed E-state index contributed by atoms with van der Waals surface area (Å²) in [5, 5.41) is 25.4. The van der Waals surface area contributed by atoms with E-state index < -0.39 is 0 Å². The number of hydrogen-bond acceptors (Lipinski definition) is 4. The molecule has 0 spiro atoms. The lowest BCUT2D eigenvalue weighted by atomic mass is 9.99. The topological polar surface area (TPSA) is 69.6 Å². The van der Waals surface area contributed by atoms with Crippen LogP contribution >= 0.6 is 12.6 Å². The zero-order valence-corrected chi connectivity index (χ0v) is 11.9. The van der Waals surface area contributed by atoms with Gasteiger partial charge in [-0.05, 0) is 18.2 Å². The van der Waals surface area contributed by atoms with Crippen LogP contribution in [0, 0.1) is 0 Å². The van der Waals surface area contributed by atoms with E-state index in [1.807, 2.05) is 0 Å². The molecule has 0 saturated heterocycles. The van der Waals surface area contributed by atoms with Gasteiger partial charge >= 0.3 is 0 Å². The molecule has 1 amide bonds. The molecule has 21 heavy (non-hydrogen) atoms. The van der Waals surface area contributed by atoms with E-state index in [0.29, 0.717) is 27.1 Å². The molecule has 3 aromatic carbocycles. The minimum Gasteiger partial charge on any atom is -0.507 e. The van der Waals surface area contributed by atoms with E-state index in [1.54, 1.807) is 42.5 Å². The summed E-state index contributed by atoms with van der Waals surface area (Å²) in [6, 6.07) is 11.8. The number of phenolic OH excluding ortho intramolecular Hbond substituents is 2. The third-order valence-corrected chi connectivity index (χ3v) is 3.63. The van der Waals surface area contributed by atoms with E-state index in [4.69, 9.17) is 0 Å². The molecule has 4 nitrogen and oxygen atoms in total. The molecule has 106 valence electrons. The van der Waals surface area contributed by atoms with Crippen molar-refractivity contribution in [2.24, 2.45) is 0 Å². The van der Waals surface area contributed by atoms with Gasteiger partial charge in [-0.2, -0.15) is 12.6 Å². The number of rotatable bonds is 2. The second-order valence-electron chi connectivity index (χ2n) is 4.67. The number of hydrogen-bond donors (Lipinski definition) is 4. The third-order valence-electron chi connectivity index (χ3n) is 3.47. The minimum absolute atomic E-state index is 0.0546. The van der Waals surface area contributed by atoms with Crippen molar-refractivity contribution in [1.82, 2.24) is 5.32 Å². The van der Waals surface area contributed by atoms with Crippen molar-refractivity contribution in [2.75, 3.05) is 5.88 Å². The van der Waals surface area contributed by atoms with Gasteiger partial charge in [0.2, 0.25) is 0 Å². The molecular formula is C16H13NO3S. The molecule has 0 unspecified atom stereocenters. The van der Waals surface area contributed by atoms with Gasteiger partial charge in [0.05, 0.1) is 5.88 Å². The number of carbonyl (C=O) groups excluding carboxylic acids is 1. The molecule has 0 bridgehead atoms. The van der Waals surface area contributed by atoms with E-state index in [9.17, 15) is 15.0 Å². The SMILES string of the molecule is O=C(NCS)c1ccc2c(O)c3ccccc3c(O)c2c1.